The Bertz CT molecular complexity index is 358. The van der Waals surface area contributed by atoms with E-state index < -0.39 is 4.32 Å². The van der Waals surface area contributed by atoms with E-state index in [2.05, 4.69) is 21.2 Å². The fourth-order valence-corrected chi connectivity index (χ4v) is 1.12. The Kier molecular flexibility index (Phi) is 3.74. The van der Waals surface area contributed by atoms with E-state index >= 15 is 0 Å². The van der Waals surface area contributed by atoms with Crippen LogP contribution in [0, 0.1) is 0 Å². The Morgan fingerprint density at radius 2 is 2.00 bits per heavy atom. The van der Waals surface area contributed by atoms with E-state index in [0.29, 0.717) is 11.4 Å². The van der Waals surface area contributed by atoms with Crippen LogP contribution in [0.15, 0.2) is 24.3 Å². The summed E-state index contributed by atoms with van der Waals surface area (Å²) in [6, 6.07) is 7.31. The Morgan fingerprint density at radius 1 is 1.40 bits per heavy atom. The van der Waals surface area contributed by atoms with Crippen molar-refractivity contribution in [3.63, 3.8) is 0 Å². The van der Waals surface area contributed by atoms with Crippen molar-refractivity contribution in [2.45, 2.75) is 18.2 Å². The van der Waals surface area contributed by atoms with Gasteiger partial charge in [-0.1, -0.05) is 28.1 Å². The predicted octanol–water partition coefficient (Wildman–Crippen LogP) is 2.81. The first-order chi connectivity index (χ1) is 6.95. The van der Waals surface area contributed by atoms with Crippen LogP contribution in [0.3, 0.4) is 0 Å². The summed E-state index contributed by atoms with van der Waals surface area (Å²) in [5.74, 6) is 0.551. The molecule has 15 heavy (non-hydrogen) atoms. The van der Waals surface area contributed by atoms with Crippen LogP contribution < -0.4 is 10.1 Å². The van der Waals surface area contributed by atoms with Gasteiger partial charge < -0.3 is 10.1 Å². The fraction of sp³-hybridized carbons (Fsp3) is 0.364. The molecule has 0 spiro atoms. The van der Waals surface area contributed by atoms with Crippen molar-refractivity contribution in [1.82, 2.24) is 0 Å². The van der Waals surface area contributed by atoms with Crippen molar-refractivity contribution in [3.8, 4) is 5.75 Å². The van der Waals surface area contributed by atoms with Gasteiger partial charge in [-0.15, -0.1) is 0 Å². The number of halogens is 1. The monoisotopic (exact) mass is 271 g/mol. The number of hydrogen-bond acceptors (Lipinski definition) is 2. The first kappa shape index (κ1) is 12.0. The second-order valence-electron chi connectivity index (χ2n) is 3.63. The van der Waals surface area contributed by atoms with Gasteiger partial charge in [0.25, 0.3) is 0 Å². The van der Waals surface area contributed by atoms with Gasteiger partial charge in [0.15, 0.2) is 0 Å². The van der Waals surface area contributed by atoms with Crippen molar-refractivity contribution in [1.29, 1.82) is 0 Å². The zero-order chi connectivity index (χ0) is 11.5. The van der Waals surface area contributed by atoms with Crippen LogP contribution in [-0.4, -0.2) is 17.3 Å². The highest BCUT2D eigenvalue weighted by molar-refractivity contribution is 9.10. The molecule has 0 heterocycles. The highest BCUT2D eigenvalue weighted by atomic mass is 79.9. The smallest absolute Gasteiger partial charge is 0.240 e. The van der Waals surface area contributed by atoms with E-state index in [1.54, 1.807) is 33.1 Å². The van der Waals surface area contributed by atoms with Gasteiger partial charge in [0.2, 0.25) is 5.91 Å². The maximum atomic E-state index is 11.7. The topological polar surface area (TPSA) is 38.3 Å². The lowest BCUT2D eigenvalue weighted by molar-refractivity contribution is -0.117. The zero-order valence-electron chi connectivity index (χ0n) is 9.00. The van der Waals surface area contributed by atoms with Gasteiger partial charge in [0.05, 0.1) is 17.1 Å². The number of ether oxygens (including phenoxy) is 1. The lowest BCUT2D eigenvalue weighted by Crippen LogP contribution is -2.31. The molecule has 0 aliphatic rings. The standard InChI is InChI=1S/C11H14BrNO2/c1-11(2,12)10(14)13-8-6-4-5-7-9(8)15-3/h4-7H,1-3H3,(H,13,14). The number of hydrogen-bond donors (Lipinski definition) is 1. The van der Waals surface area contributed by atoms with Crippen LogP contribution in [0.1, 0.15) is 13.8 Å². The molecule has 0 aliphatic carbocycles. The molecule has 4 heteroatoms. The van der Waals surface area contributed by atoms with Crippen molar-refractivity contribution < 1.29 is 9.53 Å². The van der Waals surface area contributed by atoms with Crippen molar-refractivity contribution in [3.05, 3.63) is 24.3 Å². The number of carbonyl (C=O) groups excluding carboxylic acids is 1. The minimum absolute atomic E-state index is 0.105. The van der Waals surface area contributed by atoms with E-state index in [-0.39, 0.29) is 5.91 Å². The maximum absolute atomic E-state index is 11.7. The van der Waals surface area contributed by atoms with Crippen LogP contribution in [0.25, 0.3) is 0 Å². The number of alkyl halides is 1. The van der Waals surface area contributed by atoms with Gasteiger partial charge in [0, 0.05) is 0 Å². The second kappa shape index (κ2) is 4.66. The molecule has 82 valence electrons. The van der Waals surface area contributed by atoms with Gasteiger partial charge in [0.1, 0.15) is 5.75 Å². The second-order valence-corrected chi connectivity index (χ2v) is 5.61. The molecule has 0 saturated heterocycles. The molecule has 1 aromatic rings. The molecule has 0 aliphatic heterocycles. The molecule has 1 amide bonds. The number of amides is 1. The van der Waals surface area contributed by atoms with Gasteiger partial charge in [-0.3, -0.25) is 4.79 Å². The molecule has 3 nitrogen and oxygen atoms in total. The lowest BCUT2D eigenvalue weighted by Gasteiger charge is -2.17. The Labute approximate surface area is 97.9 Å². The summed E-state index contributed by atoms with van der Waals surface area (Å²) in [5.41, 5.74) is 0.678. The lowest BCUT2D eigenvalue weighted by atomic mass is 10.2. The number of anilines is 1. The van der Waals surface area contributed by atoms with Crippen LogP contribution in [0.2, 0.25) is 0 Å². The predicted molar refractivity (Wildman–Crippen MR) is 64.6 cm³/mol. The molecule has 0 radical (unpaired) electrons. The number of rotatable bonds is 3. The fourth-order valence-electron chi connectivity index (χ4n) is 1.02. The first-order valence-corrected chi connectivity index (χ1v) is 5.38. The van der Waals surface area contributed by atoms with Gasteiger partial charge in [-0.2, -0.15) is 0 Å². The highest BCUT2D eigenvalue weighted by Gasteiger charge is 2.24. The molecule has 0 unspecified atom stereocenters. The summed E-state index contributed by atoms with van der Waals surface area (Å²) in [5, 5.41) is 2.79. The molecular weight excluding hydrogens is 258 g/mol. The molecule has 0 saturated carbocycles. The number of nitrogens with one attached hydrogen (secondary N) is 1. The molecule has 1 rings (SSSR count). The summed E-state index contributed by atoms with van der Waals surface area (Å²) in [6.07, 6.45) is 0. The van der Waals surface area contributed by atoms with Gasteiger partial charge in [-0.25, -0.2) is 0 Å². The maximum Gasteiger partial charge on any atom is 0.240 e. The highest BCUT2D eigenvalue weighted by Crippen LogP contribution is 2.25. The third kappa shape index (κ3) is 3.23. The normalized spacial score (nSPS) is 10.9. The van der Waals surface area contributed by atoms with E-state index in [1.807, 2.05) is 12.1 Å². The van der Waals surface area contributed by atoms with Crippen LogP contribution in [-0.2, 0) is 4.79 Å². The molecule has 0 aromatic heterocycles. The third-order valence-electron chi connectivity index (χ3n) is 1.90. The Hall–Kier alpha value is -1.03. The van der Waals surface area contributed by atoms with E-state index in [9.17, 15) is 4.79 Å². The summed E-state index contributed by atoms with van der Waals surface area (Å²) in [7, 11) is 1.57. The largest absolute Gasteiger partial charge is 0.495 e. The number of benzene rings is 1. The minimum atomic E-state index is -0.589. The van der Waals surface area contributed by atoms with E-state index in [0.717, 1.165) is 0 Å². The van der Waals surface area contributed by atoms with Crippen LogP contribution in [0.4, 0.5) is 5.69 Å². The van der Waals surface area contributed by atoms with Crippen molar-refractivity contribution in [2.24, 2.45) is 0 Å². The van der Waals surface area contributed by atoms with Crippen molar-refractivity contribution >= 4 is 27.5 Å². The summed E-state index contributed by atoms with van der Waals surface area (Å²) >= 11 is 3.30. The molecule has 1 aromatic carbocycles. The molecule has 0 atom stereocenters. The minimum Gasteiger partial charge on any atom is -0.495 e. The SMILES string of the molecule is COc1ccccc1NC(=O)C(C)(C)Br. The quantitative estimate of drug-likeness (QED) is 0.859. The summed E-state index contributed by atoms with van der Waals surface area (Å²) < 4.78 is 4.54. The number of methoxy groups -OCH3 is 1. The molecule has 1 N–H and O–H groups in total. The van der Waals surface area contributed by atoms with Gasteiger partial charge in [-0.05, 0) is 26.0 Å². The number of carbonyl (C=O) groups is 1. The van der Waals surface area contributed by atoms with Crippen LogP contribution >= 0.6 is 15.9 Å². The summed E-state index contributed by atoms with van der Waals surface area (Å²) in [4.78, 5) is 11.7. The Morgan fingerprint density at radius 3 is 2.53 bits per heavy atom. The molecule has 0 bridgehead atoms. The first-order valence-electron chi connectivity index (χ1n) is 4.58. The summed E-state index contributed by atoms with van der Waals surface area (Å²) in [6.45, 7) is 3.58. The van der Waals surface area contributed by atoms with E-state index in [4.69, 9.17) is 4.74 Å². The third-order valence-corrected chi connectivity index (χ3v) is 2.26. The Balaban J connectivity index is 2.85. The molecule has 0 fully saturated rings. The average Bonchev–Trinajstić information content (AvgIpc) is 2.17. The number of para-hydroxylation sites is 2. The zero-order valence-corrected chi connectivity index (χ0v) is 10.6. The molecular formula is C11H14BrNO2. The van der Waals surface area contributed by atoms with Gasteiger partial charge >= 0.3 is 0 Å². The van der Waals surface area contributed by atoms with Crippen molar-refractivity contribution in [2.75, 3.05) is 12.4 Å². The average molecular weight is 272 g/mol. The van der Waals surface area contributed by atoms with Crippen LogP contribution in [0.5, 0.6) is 5.75 Å². The van der Waals surface area contributed by atoms with E-state index in [1.165, 1.54) is 0 Å².